The molecule has 0 spiro atoms. The maximum atomic E-state index is 12.0. The number of hydrogen-bond donors (Lipinski definition) is 1. The first-order valence-electron chi connectivity index (χ1n) is 8.05. The van der Waals surface area contributed by atoms with Crippen LogP contribution in [0.5, 0.6) is 5.75 Å². The fourth-order valence-electron chi connectivity index (χ4n) is 2.29. The molecule has 2 aromatic rings. The molecule has 0 aliphatic rings. The first-order valence-corrected chi connectivity index (χ1v) is 8.43. The molecule has 0 aliphatic heterocycles. The van der Waals surface area contributed by atoms with Crippen molar-refractivity contribution < 1.29 is 9.53 Å². The Labute approximate surface area is 149 Å². The van der Waals surface area contributed by atoms with Gasteiger partial charge >= 0.3 is 0 Å². The van der Waals surface area contributed by atoms with Crippen molar-refractivity contribution in [3.8, 4) is 5.75 Å². The Kier molecular flexibility index (Phi) is 5.89. The summed E-state index contributed by atoms with van der Waals surface area (Å²) in [5, 5.41) is 3.53. The molecule has 0 fully saturated rings. The van der Waals surface area contributed by atoms with Crippen LogP contribution in [0.4, 0.5) is 5.69 Å². The van der Waals surface area contributed by atoms with Crippen molar-refractivity contribution >= 4 is 23.2 Å². The van der Waals surface area contributed by atoms with Crippen LogP contribution in [0.3, 0.4) is 0 Å². The van der Waals surface area contributed by atoms with Crippen molar-refractivity contribution in [2.75, 3.05) is 11.9 Å². The number of aryl methyl sites for hydroxylation is 1. The second-order valence-electron chi connectivity index (χ2n) is 6.88. The monoisotopic (exact) mass is 345 g/mol. The Bertz CT molecular complexity index is 703. The maximum Gasteiger partial charge on any atom is 0.227 e. The molecule has 3 nitrogen and oxygen atoms in total. The Morgan fingerprint density at radius 3 is 2.38 bits per heavy atom. The topological polar surface area (TPSA) is 38.3 Å². The van der Waals surface area contributed by atoms with Crippen LogP contribution in [-0.4, -0.2) is 12.5 Å². The molecule has 0 saturated carbocycles. The van der Waals surface area contributed by atoms with E-state index >= 15 is 0 Å². The molecular weight excluding hydrogens is 322 g/mol. The Morgan fingerprint density at radius 1 is 1.12 bits per heavy atom. The first-order chi connectivity index (χ1) is 11.3. The smallest absolute Gasteiger partial charge is 0.227 e. The standard InChI is InChI=1S/C20H24ClNO2/c1-14-13-16(21)7-10-18(14)22-19(23)11-12-24-17-8-5-15(6-9-17)20(2,3)4/h5-10,13H,11-12H2,1-4H3,(H,22,23). The normalized spacial score (nSPS) is 11.2. The molecule has 1 N–H and O–H groups in total. The van der Waals surface area contributed by atoms with Crippen LogP contribution in [0.15, 0.2) is 42.5 Å². The predicted molar refractivity (Wildman–Crippen MR) is 100 cm³/mol. The van der Waals surface area contributed by atoms with Gasteiger partial charge in [-0.05, 0) is 53.8 Å². The molecule has 0 saturated heterocycles. The van der Waals surface area contributed by atoms with Crippen molar-refractivity contribution in [2.24, 2.45) is 0 Å². The lowest BCUT2D eigenvalue weighted by molar-refractivity contribution is -0.116. The summed E-state index contributed by atoms with van der Waals surface area (Å²) < 4.78 is 5.65. The van der Waals surface area contributed by atoms with Gasteiger partial charge in [-0.25, -0.2) is 0 Å². The van der Waals surface area contributed by atoms with Gasteiger partial charge in [-0.1, -0.05) is 44.5 Å². The van der Waals surface area contributed by atoms with Gasteiger partial charge < -0.3 is 10.1 Å². The van der Waals surface area contributed by atoms with Gasteiger partial charge in [0.15, 0.2) is 0 Å². The number of nitrogens with one attached hydrogen (secondary N) is 1. The van der Waals surface area contributed by atoms with Gasteiger partial charge in [0.1, 0.15) is 5.75 Å². The molecule has 24 heavy (non-hydrogen) atoms. The molecule has 0 unspecified atom stereocenters. The second kappa shape index (κ2) is 7.71. The summed E-state index contributed by atoms with van der Waals surface area (Å²) in [6.45, 7) is 8.77. The van der Waals surface area contributed by atoms with E-state index in [0.717, 1.165) is 17.0 Å². The van der Waals surface area contributed by atoms with Gasteiger partial charge in [-0.15, -0.1) is 0 Å². The highest BCUT2D eigenvalue weighted by atomic mass is 35.5. The summed E-state index contributed by atoms with van der Waals surface area (Å²) in [6, 6.07) is 13.4. The van der Waals surface area contributed by atoms with Crippen LogP contribution < -0.4 is 10.1 Å². The molecule has 128 valence electrons. The summed E-state index contributed by atoms with van der Waals surface area (Å²) in [6.07, 6.45) is 0.295. The lowest BCUT2D eigenvalue weighted by Gasteiger charge is -2.19. The molecule has 0 bridgehead atoms. The van der Waals surface area contributed by atoms with Gasteiger partial charge in [0.25, 0.3) is 0 Å². The van der Waals surface area contributed by atoms with Crippen LogP contribution in [0, 0.1) is 6.92 Å². The number of amides is 1. The van der Waals surface area contributed by atoms with Crippen molar-refractivity contribution in [2.45, 2.75) is 39.5 Å². The summed E-state index contributed by atoms with van der Waals surface area (Å²) in [5.74, 6) is 0.699. The third kappa shape index (κ3) is 5.27. The van der Waals surface area contributed by atoms with Crippen LogP contribution in [0.1, 0.15) is 38.3 Å². The van der Waals surface area contributed by atoms with E-state index in [1.807, 2.05) is 31.2 Å². The number of anilines is 1. The number of carbonyl (C=O) groups excluding carboxylic acids is 1. The van der Waals surface area contributed by atoms with Crippen LogP contribution >= 0.6 is 11.6 Å². The van der Waals surface area contributed by atoms with E-state index < -0.39 is 0 Å². The minimum atomic E-state index is -0.0771. The predicted octanol–water partition coefficient (Wildman–Crippen LogP) is 5.35. The molecule has 0 radical (unpaired) electrons. The number of carbonyl (C=O) groups is 1. The Hall–Kier alpha value is -2.00. The van der Waals surface area contributed by atoms with E-state index in [2.05, 4.69) is 38.2 Å². The molecule has 0 atom stereocenters. The van der Waals surface area contributed by atoms with Crippen molar-refractivity contribution in [3.63, 3.8) is 0 Å². The second-order valence-corrected chi connectivity index (χ2v) is 7.32. The lowest BCUT2D eigenvalue weighted by Crippen LogP contribution is -2.16. The van der Waals surface area contributed by atoms with Gasteiger partial charge in [0, 0.05) is 10.7 Å². The average Bonchev–Trinajstić information content (AvgIpc) is 2.50. The van der Waals surface area contributed by atoms with Crippen LogP contribution in [-0.2, 0) is 10.2 Å². The summed E-state index contributed by atoms with van der Waals surface area (Å²) in [4.78, 5) is 12.0. The van der Waals surface area contributed by atoms with E-state index in [9.17, 15) is 4.79 Å². The summed E-state index contributed by atoms with van der Waals surface area (Å²) >= 11 is 5.91. The zero-order valence-electron chi connectivity index (χ0n) is 14.7. The molecule has 0 aliphatic carbocycles. The Morgan fingerprint density at radius 2 is 1.79 bits per heavy atom. The summed E-state index contributed by atoms with van der Waals surface area (Å²) in [7, 11) is 0. The zero-order valence-corrected chi connectivity index (χ0v) is 15.4. The van der Waals surface area contributed by atoms with Crippen LogP contribution in [0.25, 0.3) is 0 Å². The van der Waals surface area contributed by atoms with E-state index in [-0.39, 0.29) is 11.3 Å². The third-order valence-electron chi connectivity index (χ3n) is 3.78. The zero-order chi connectivity index (χ0) is 17.7. The molecular formula is C20H24ClNO2. The largest absolute Gasteiger partial charge is 0.493 e. The van der Waals surface area contributed by atoms with Crippen molar-refractivity contribution in [1.29, 1.82) is 0 Å². The molecule has 2 rings (SSSR count). The van der Waals surface area contributed by atoms with E-state index in [4.69, 9.17) is 16.3 Å². The quantitative estimate of drug-likeness (QED) is 0.792. The molecule has 4 heteroatoms. The minimum absolute atomic E-state index is 0.0771. The fraction of sp³-hybridized carbons (Fsp3) is 0.350. The Balaban J connectivity index is 1.82. The number of hydrogen-bond acceptors (Lipinski definition) is 2. The lowest BCUT2D eigenvalue weighted by atomic mass is 9.87. The van der Waals surface area contributed by atoms with E-state index in [0.29, 0.717) is 18.1 Å². The van der Waals surface area contributed by atoms with Gasteiger partial charge in [-0.2, -0.15) is 0 Å². The molecule has 0 heterocycles. The average molecular weight is 346 g/mol. The highest BCUT2D eigenvalue weighted by Gasteiger charge is 2.13. The number of ether oxygens (including phenoxy) is 1. The van der Waals surface area contributed by atoms with E-state index in [1.54, 1.807) is 6.07 Å². The minimum Gasteiger partial charge on any atom is -0.493 e. The van der Waals surface area contributed by atoms with Gasteiger partial charge in [-0.3, -0.25) is 4.79 Å². The first kappa shape index (κ1) is 18.3. The highest BCUT2D eigenvalue weighted by Crippen LogP contribution is 2.24. The molecule has 2 aromatic carbocycles. The SMILES string of the molecule is Cc1cc(Cl)ccc1NC(=O)CCOc1ccc(C(C)(C)C)cc1. The molecule has 1 amide bonds. The fourth-order valence-corrected chi connectivity index (χ4v) is 2.52. The highest BCUT2D eigenvalue weighted by molar-refractivity contribution is 6.30. The molecule has 0 aromatic heterocycles. The summed E-state index contributed by atoms with van der Waals surface area (Å²) in [5.41, 5.74) is 3.09. The number of rotatable bonds is 5. The number of benzene rings is 2. The van der Waals surface area contributed by atoms with Gasteiger partial charge in [0.2, 0.25) is 5.91 Å². The maximum absolute atomic E-state index is 12.0. The number of halogens is 1. The van der Waals surface area contributed by atoms with Gasteiger partial charge in [0.05, 0.1) is 13.0 Å². The van der Waals surface area contributed by atoms with Crippen molar-refractivity contribution in [1.82, 2.24) is 0 Å². The van der Waals surface area contributed by atoms with Crippen molar-refractivity contribution in [3.05, 3.63) is 58.6 Å². The third-order valence-corrected chi connectivity index (χ3v) is 4.02. The van der Waals surface area contributed by atoms with E-state index in [1.165, 1.54) is 5.56 Å². The van der Waals surface area contributed by atoms with Crippen LogP contribution in [0.2, 0.25) is 5.02 Å².